The van der Waals surface area contributed by atoms with Crippen LogP contribution in [-0.4, -0.2) is 23.7 Å². The van der Waals surface area contributed by atoms with Crippen molar-refractivity contribution in [2.45, 2.75) is 0 Å². The molecule has 0 unspecified atom stereocenters. The highest BCUT2D eigenvalue weighted by atomic mass is 79.9. The maximum atomic E-state index is 11.4. The minimum Gasteiger partial charge on any atom is -0.478 e. The average molecular weight is 334 g/mol. The first-order valence-corrected chi connectivity index (χ1v) is 5.98. The van der Waals surface area contributed by atoms with Gasteiger partial charge in [0.1, 0.15) is 0 Å². The summed E-state index contributed by atoms with van der Waals surface area (Å²) in [6.45, 7) is 3.58. The molecule has 0 aliphatic carbocycles. The van der Waals surface area contributed by atoms with Crippen molar-refractivity contribution in [1.29, 1.82) is 0 Å². The van der Waals surface area contributed by atoms with Crippen LogP contribution in [0.15, 0.2) is 34.3 Å². The van der Waals surface area contributed by atoms with Gasteiger partial charge in [0.15, 0.2) is 0 Å². The molecule has 3 N–H and O–H groups in total. The molecule has 0 bridgehead atoms. The largest absolute Gasteiger partial charge is 0.478 e. The third-order valence-electron chi connectivity index (χ3n) is 1.90. The predicted molar refractivity (Wildman–Crippen MR) is 73.1 cm³/mol. The van der Waals surface area contributed by atoms with Crippen LogP contribution in [0.25, 0.3) is 0 Å². The van der Waals surface area contributed by atoms with Gasteiger partial charge in [-0.25, -0.2) is 9.59 Å². The zero-order valence-corrected chi connectivity index (χ0v) is 11.5. The Kier molecular flexibility index (Phi) is 5.18. The van der Waals surface area contributed by atoms with E-state index in [1.54, 1.807) is 0 Å². The topological polar surface area (TPSA) is 78.4 Å². The molecule has 0 radical (unpaired) electrons. The van der Waals surface area contributed by atoms with Crippen LogP contribution in [0.5, 0.6) is 0 Å². The van der Waals surface area contributed by atoms with Crippen molar-refractivity contribution in [3.8, 4) is 0 Å². The Balaban J connectivity index is 2.70. The lowest BCUT2D eigenvalue weighted by molar-refractivity contribution is 0.0697. The normalized spacial score (nSPS) is 9.67. The van der Waals surface area contributed by atoms with Crippen molar-refractivity contribution in [2.24, 2.45) is 0 Å². The van der Waals surface area contributed by atoms with Crippen LogP contribution in [0, 0.1) is 0 Å². The number of hydrogen-bond acceptors (Lipinski definition) is 2. The average Bonchev–Trinajstić information content (AvgIpc) is 2.29. The lowest BCUT2D eigenvalue weighted by Gasteiger charge is -2.09. The second-order valence-electron chi connectivity index (χ2n) is 3.32. The Morgan fingerprint density at radius 1 is 1.44 bits per heavy atom. The summed E-state index contributed by atoms with van der Waals surface area (Å²) in [5, 5.41) is 14.1. The molecule has 0 fully saturated rings. The zero-order chi connectivity index (χ0) is 13.7. The summed E-state index contributed by atoms with van der Waals surface area (Å²) in [5.74, 6) is -1.04. The number of nitrogens with one attached hydrogen (secondary N) is 2. The molecule has 7 heteroatoms. The summed E-state index contributed by atoms with van der Waals surface area (Å²) in [5.41, 5.74) is 0.583. The Morgan fingerprint density at radius 2 is 2.11 bits per heavy atom. The summed E-state index contributed by atoms with van der Waals surface area (Å²) in [4.78, 5) is 22.1. The molecule has 96 valence electrons. The molecular weight excluding hydrogens is 323 g/mol. The van der Waals surface area contributed by atoms with Gasteiger partial charge in [0, 0.05) is 9.51 Å². The SMILES string of the molecule is C=C(Cl)CNC(=O)Nc1ccc(C(=O)O)cc1Br. The number of carboxylic acids is 1. The lowest BCUT2D eigenvalue weighted by atomic mass is 10.2. The monoisotopic (exact) mass is 332 g/mol. The first-order valence-electron chi connectivity index (χ1n) is 4.81. The second kappa shape index (κ2) is 6.42. The minimum atomic E-state index is -1.04. The number of urea groups is 1. The number of halogens is 2. The van der Waals surface area contributed by atoms with E-state index in [2.05, 4.69) is 33.1 Å². The van der Waals surface area contributed by atoms with E-state index >= 15 is 0 Å². The standard InChI is InChI=1S/C11H10BrClN2O3/c1-6(13)5-14-11(18)15-9-3-2-7(10(16)17)4-8(9)12/h2-4H,1,5H2,(H,16,17)(H2,14,15,18). The Bertz CT molecular complexity index is 505. The van der Waals surface area contributed by atoms with E-state index < -0.39 is 12.0 Å². The van der Waals surface area contributed by atoms with Gasteiger partial charge in [0.25, 0.3) is 0 Å². The molecule has 1 aromatic rings. The quantitative estimate of drug-likeness (QED) is 0.792. The third kappa shape index (κ3) is 4.38. The zero-order valence-electron chi connectivity index (χ0n) is 9.17. The number of amides is 2. The molecule has 2 amide bonds. The number of carbonyl (C=O) groups is 2. The number of anilines is 1. The van der Waals surface area contributed by atoms with Crippen LogP contribution >= 0.6 is 27.5 Å². The van der Waals surface area contributed by atoms with Crippen LogP contribution in [0.2, 0.25) is 0 Å². The van der Waals surface area contributed by atoms with Crippen LogP contribution in [0.1, 0.15) is 10.4 Å². The van der Waals surface area contributed by atoms with Gasteiger partial charge in [0.2, 0.25) is 0 Å². The predicted octanol–water partition coefficient (Wildman–Crippen LogP) is 3.02. The smallest absolute Gasteiger partial charge is 0.335 e. The summed E-state index contributed by atoms with van der Waals surface area (Å²) < 4.78 is 0.474. The molecule has 0 aromatic heterocycles. The van der Waals surface area contributed by atoms with Gasteiger partial charge >= 0.3 is 12.0 Å². The van der Waals surface area contributed by atoms with Gasteiger partial charge in [-0.1, -0.05) is 18.2 Å². The van der Waals surface area contributed by atoms with Gasteiger partial charge in [0.05, 0.1) is 17.8 Å². The Labute approximate surface area is 117 Å². The fourth-order valence-electron chi connectivity index (χ4n) is 1.09. The van der Waals surface area contributed by atoms with E-state index in [9.17, 15) is 9.59 Å². The molecule has 0 aliphatic rings. The molecule has 0 spiro atoms. The fraction of sp³-hybridized carbons (Fsp3) is 0.0909. The van der Waals surface area contributed by atoms with Crippen molar-refractivity contribution in [1.82, 2.24) is 5.32 Å². The maximum absolute atomic E-state index is 11.4. The molecule has 18 heavy (non-hydrogen) atoms. The van der Waals surface area contributed by atoms with Crippen molar-refractivity contribution in [3.63, 3.8) is 0 Å². The van der Waals surface area contributed by atoms with E-state index in [1.807, 2.05) is 0 Å². The van der Waals surface area contributed by atoms with Gasteiger partial charge in [-0.15, -0.1) is 0 Å². The fourth-order valence-corrected chi connectivity index (χ4v) is 1.64. The number of carboxylic acid groups (broad SMARTS) is 1. The highest BCUT2D eigenvalue weighted by molar-refractivity contribution is 9.10. The highest BCUT2D eigenvalue weighted by Gasteiger charge is 2.08. The first-order chi connectivity index (χ1) is 8.40. The molecule has 1 rings (SSSR count). The van der Waals surface area contributed by atoms with Crippen LogP contribution < -0.4 is 10.6 Å². The number of benzene rings is 1. The molecule has 0 atom stereocenters. The molecule has 5 nitrogen and oxygen atoms in total. The summed E-state index contributed by atoms with van der Waals surface area (Å²) >= 11 is 8.67. The Hall–Kier alpha value is -1.53. The van der Waals surface area contributed by atoms with Crippen molar-refractivity contribution in [3.05, 3.63) is 39.8 Å². The van der Waals surface area contributed by atoms with Crippen LogP contribution in [0.3, 0.4) is 0 Å². The van der Waals surface area contributed by atoms with Crippen molar-refractivity contribution in [2.75, 3.05) is 11.9 Å². The highest BCUT2D eigenvalue weighted by Crippen LogP contribution is 2.23. The number of aromatic carboxylic acids is 1. The van der Waals surface area contributed by atoms with Crippen molar-refractivity contribution >= 4 is 45.2 Å². The summed E-state index contributed by atoms with van der Waals surface area (Å²) in [6.07, 6.45) is 0. The van der Waals surface area contributed by atoms with Crippen molar-refractivity contribution < 1.29 is 14.7 Å². The summed E-state index contributed by atoms with van der Waals surface area (Å²) in [6, 6.07) is 3.82. The van der Waals surface area contributed by atoms with E-state index in [-0.39, 0.29) is 12.1 Å². The van der Waals surface area contributed by atoms with Crippen LogP contribution in [0.4, 0.5) is 10.5 Å². The number of hydrogen-bond donors (Lipinski definition) is 3. The summed E-state index contributed by atoms with van der Waals surface area (Å²) in [7, 11) is 0. The molecule has 0 heterocycles. The van der Waals surface area contributed by atoms with E-state index in [4.69, 9.17) is 16.7 Å². The lowest BCUT2D eigenvalue weighted by Crippen LogP contribution is -2.29. The van der Waals surface area contributed by atoms with Gasteiger partial charge in [-0.2, -0.15) is 0 Å². The maximum Gasteiger partial charge on any atom is 0.335 e. The molecule has 0 aliphatic heterocycles. The van der Waals surface area contributed by atoms with E-state index in [0.29, 0.717) is 15.2 Å². The van der Waals surface area contributed by atoms with Gasteiger partial charge < -0.3 is 15.7 Å². The molecule has 1 aromatic carbocycles. The number of carbonyl (C=O) groups excluding carboxylic acids is 1. The van der Waals surface area contributed by atoms with E-state index in [0.717, 1.165) is 0 Å². The Morgan fingerprint density at radius 3 is 2.61 bits per heavy atom. The second-order valence-corrected chi connectivity index (χ2v) is 4.71. The third-order valence-corrected chi connectivity index (χ3v) is 2.69. The number of rotatable bonds is 4. The first kappa shape index (κ1) is 14.5. The molecule has 0 saturated carbocycles. The molecular formula is C11H10BrClN2O3. The van der Waals surface area contributed by atoms with E-state index in [1.165, 1.54) is 18.2 Å². The van der Waals surface area contributed by atoms with Gasteiger partial charge in [-0.05, 0) is 34.1 Å². The molecule has 0 saturated heterocycles. The minimum absolute atomic E-state index is 0.127. The van der Waals surface area contributed by atoms with Gasteiger partial charge in [-0.3, -0.25) is 0 Å². The van der Waals surface area contributed by atoms with Crippen LogP contribution in [-0.2, 0) is 0 Å².